The van der Waals surface area contributed by atoms with Gasteiger partial charge in [-0.15, -0.1) is 0 Å². The standard InChI is InChI=1S/C19H20O3/c1-14-8-9-16(18(12-14)19(21)22-2)10-11-17(13-20)15-6-4-3-5-7-15/h3-9,11-12,20H,10,13H2,1-2H3/b17-11+. The van der Waals surface area contributed by atoms with Crippen LogP contribution in [-0.4, -0.2) is 24.8 Å². The van der Waals surface area contributed by atoms with Crippen molar-refractivity contribution in [3.63, 3.8) is 0 Å². The molecule has 0 spiro atoms. The molecule has 22 heavy (non-hydrogen) atoms. The average molecular weight is 296 g/mol. The molecule has 0 saturated carbocycles. The zero-order valence-electron chi connectivity index (χ0n) is 12.9. The molecule has 0 aliphatic carbocycles. The largest absolute Gasteiger partial charge is 0.465 e. The lowest BCUT2D eigenvalue weighted by Gasteiger charge is -2.09. The van der Waals surface area contributed by atoms with E-state index in [0.29, 0.717) is 12.0 Å². The summed E-state index contributed by atoms with van der Waals surface area (Å²) < 4.78 is 4.84. The Labute approximate surface area is 130 Å². The summed E-state index contributed by atoms with van der Waals surface area (Å²) in [6, 6.07) is 15.4. The zero-order chi connectivity index (χ0) is 15.9. The van der Waals surface area contributed by atoms with Crippen molar-refractivity contribution in [3.05, 3.63) is 76.9 Å². The zero-order valence-corrected chi connectivity index (χ0v) is 12.9. The summed E-state index contributed by atoms with van der Waals surface area (Å²) in [6.07, 6.45) is 2.52. The van der Waals surface area contributed by atoms with E-state index in [9.17, 15) is 9.90 Å². The Balaban J connectivity index is 2.30. The third-order valence-electron chi connectivity index (χ3n) is 3.55. The number of carbonyl (C=O) groups is 1. The molecule has 0 amide bonds. The number of carbonyl (C=O) groups excluding carboxylic acids is 1. The van der Waals surface area contributed by atoms with Crippen LogP contribution in [0.4, 0.5) is 0 Å². The van der Waals surface area contributed by atoms with E-state index in [-0.39, 0.29) is 12.6 Å². The summed E-state index contributed by atoms with van der Waals surface area (Å²) in [6.45, 7) is 1.90. The van der Waals surface area contributed by atoms with Crippen molar-refractivity contribution < 1.29 is 14.6 Å². The second kappa shape index (κ2) is 7.57. The van der Waals surface area contributed by atoms with Gasteiger partial charge in [0.05, 0.1) is 19.3 Å². The molecule has 0 atom stereocenters. The van der Waals surface area contributed by atoms with Gasteiger partial charge in [0.2, 0.25) is 0 Å². The second-order valence-electron chi connectivity index (χ2n) is 5.11. The van der Waals surface area contributed by atoms with Crippen molar-refractivity contribution in [2.24, 2.45) is 0 Å². The number of hydrogen-bond acceptors (Lipinski definition) is 3. The smallest absolute Gasteiger partial charge is 0.338 e. The molecule has 3 heteroatoms. The predicted molar refractivity (Wildman–Crippen MR) is 87.7 cm³/mol. The Morgan fingerprint density at radius 1 is 1.18 bits per heavy atom. The topological polar surface area (TPSA) is 46.5 Å². The SMILES string of the molecule is COC(=O)c1cc(C)ccc1C/C=C(\CO)c1ccccc1. The third kappa shape index (κ3) is 3.83. The van der Waals surface area contributed by atoms with Gasteiger partial charge >= 0.3 is 5.97 Å². The molecule has 0 heterocycles. The van der Waals surface area contributed by atoms with Crippen LogP contribution in [0.5, 0.6) is 0 Å². The van der Waals surface area contributed by atoms with Gasteiger partial charge in [0.1, 0.15) is 0 Å². The van der Waals surface area contributed by atoms with E-state index >= 15 is 0 Å². The van der Waals surface area contributed by atoms with Gasteiger partial charge in [-0.05, 0) is 36.1 Å². The fourth-order valence-electron chi connectivity index (χ4n) is 2.33. The first-order chi connectivity index (χ1) is 10.7. The number of aryl methyl sites for hydroxylation is 1. The van der Waals surface area contributed by atoms with Crippen LogP contribution in [0.15, 0.2) is 54.6 Å². The van der Waals surface area contributed by atoms with E-state index in [2.05, 4.69) is 0 Å². The molecule has 0 aliphatic heterocycles. The predicted octanol–water partition coefficient (Wildman–Crippen LogP) is 3.40. The van der Waals surface area contributed by atoms with Gasteiger partial charge in [-0.2, -0.15) is 0 Å². The number of allylic oxidation sites excluding steroid dienone is 1. The van der Waals surface area contributed by atoms with Crippen LogP contribution in [0.2, 0.25) is 0 Å². The molecule has 0 aromatic heterocycles. The van der Waals surface area contributed by atoms with Crippen molar-refractivity contribution in [1.29, 1.82) is 0 Å². The molecular weight excluding hydrogens is 276 g/mol. The van der Waals surface area contributed by atoms with E-state index in [4.69, 9.17) is 4.74 Å². The van der Waals surface area contributed by atoms with Crippen molar-refractivity contribution >= 4 is 11.5 Å². The molecule has 0 aliphatic rings. The molecular formula is C19H20O3. The molecule has 2 aromatic rings. The van der Waals surface area contributed by atoms with Gasteiger partial charge in [0.25, 0.3) is 0 Å². The number of benzene rings is 2. The van der Waals surface area contributed by atoms with Gasteiger partial charge in [-0.25, -0.2) is 4.79 Å². The van der Waals surface area contributed by atoms with Crippen molar-refractivity contribution in [1.82, 2.24) is 0 Å². The second-order valence-corrected chi connectivity index (χ2v) is 5.11. The van der Waals surface area contributed by atoms with Crippen LogP contribution < -0.4 is 0 Å². The normalized spacial score (nSPS) is 11.3. The number of ether oxygens (including phenoxy) is 1. The molecule has 0 saturated heterocycles. The van der Waals surface area contributed by atoms with Gasteiger partial charge in [0, 0.05) is 0 Å². The maximum atomic E-state index is 11.9. The van der Waals surface area contributed by atoms with Crippen LogP contribution in [0, 0.1) is 6.92 Å². The first kappa shape index (κ1) is 16.0. The lowest BCUT2D eigenvalue weighted by atomic mass is 9.99. The highest BCUT2D eigenvalue weighted by Gasteiger charge is 2.11. The molecule has 0 radical (unpaired) electrons. The highest BCUT2D eigenvalue weighted by atomic mass is 16.5. The summed E-state index contributed by atoms with van der Waals surface area (Å²) in [5, 5.41) is 9.57. The van der Waals surface area contributed by atoms with Crippen LogP contribution in [0.1, 0.15) is 27.0 Å². The van der Waals surface area contributed by atoms with Gasteiger partial charge < -0.3 is 9.84 Å². The Kier molecular flexibility index (Phi) is 5.50. The molecule has 114 valence electrons. The summed E-state index contributed by atoms with van der Waals surface area (Å²) >= 11 is 0. The number of aliphatic hydroxyl groups excluding tert-OH is 1. The molecule has 2 aromatic carbocycles. The van der Waals surface area contributed by atoms with Crippen molar-refractivity contribution in [2.75, 3.05) is 13.7 Å². The lowest BCUT2D eigenvalue weighted by Crippen LogP contribution is -2.06. The lowest BCUT2D eigenvalue weighted by molar-refractivity contribution is 0.0599. The van der Waals surface area contributed by atoms with Crippen LogP contribution in [0.3, 0.4) is 0 Å². The monoisotopic (exact) mass is 296 g/mol. The summed E-state index contributed by atoms with van der Waals surface area (Å²) in [4.78, 5) is 11.9. The molecule has 0 unspecified atom stereocenters. The summed E-state index contributed by atoms with van der Waals surface area (Å²) in [5.74, 6) is -0.336. The minimum absolute atomic E-state index is 0.0383. The van der Waals surface area contributed by atoms with E-state index in [1.54, 1.807) is 0 Å². The van der Waals surface area contributed by atoms with E-state index in [1.807, 2.05) is 61.5 Å². The Hall–Kier alpha value is -2.39. The quantitative estimate of drug-likeness (QED) is 0.860. The van der Waals surface area contributed by atoms with Crippen molar-refractivity contribution in [3.8, 4) is 0 Å². The molecule has 3 nitrogen and oxygen atoms in total. The molecule has 0 bridgehead atoms. The van der Waals surface area contributed by atoms with Crippen molar-refractivity contribution in [2.45, 2.75) is 13.3 Å². The summed E-state index contributed by atoms with van der Waals surface area (Å²) in [5.41, 5.74) is 4.30. The first-order valence-corrected chi connectivity index (χ1v) is 7.19. The third-order valence-corrected chi connectivity index (χ3v) is 3.55. The average Bonchev–Trinajstić information content (AvgIpc) is 2.56. The van der Waals surface area contributed by atoms with E-state index in [1.165, 1.54) is 7.11 Å². The van der Waals surface area contributed by atoms with Crippen LogP contribution in [-0.2, 0) is 11.2 Å². The van der Waals surface area contributed by atoms with E-state index < -0.39 is 0 Å². The highest BCUT2D eigenvalue weighted by Crippen LogP contribution is 2.18. The maximum Gasteiger partial charge on any atom is 0.338 e. The van der Waals surface area contributed by atoms with Crippen LogP contribution in [0.25, 0.3) is 5.57 Å². The fraction of sp³-hybridized carbons (Fsp3) is 0.211. The van der Waals surface area contributed by atoms with Gasteiger partial charge in [-0.1, -0.05) is 54.1 Å². The number of methoxy groups -OCH3 is 1. The molecule has 0 fully saturated rings. The van der Waals surface area contributed by atoms with Crippen LogP contribution >= 0.6 is 0 Å². The maximum absolute atomic E-state index is 11.9. The first-order valence-electron chi connectivity index (χ1n) is 7.19. The highest BCUT2D eigenvalue weighted by molar-refractivity contribution is 5.91. The Morgan fingerprint density at radius 2 is 1.91 bits per heavy atom. The number of esters is 1. The molecule has 2 rings (SSSR count). The fourth-order valence-corrected chi connectivity index (χ4v) is 2.33. The van der Waals surface area contributed by atoms with Gasteiger partial charge in [0.15, 0.2) is 0 Å². The number of aliphatic hydroxyl groups is 1. The molecule has 1 N–H and O–H groups in total. The number of hydrogen-bond donors (Lipinski definition) is 1. The Morgan fingerprint density at radius 3 is 2.55 bits per heavy atom. The van der Waals surface area contributed by atoms with E-state index in [0.717, 1.165) is 22.3 Å². The number of rotatable bonds is 5. The minimum Gasteiger partial charge on any atom is -0.465 e. The minimum atomic E-state index is -0.336. The van der Waals surface area contributed by atoms with Gasteiger partial charge in [-0.3, -0.25) is 0 Å². The summed E-state index contributed by atoms with van der Waals surface area (Å²) in [7, 11) is 1.38. The Bertz CT molecular complexity index is 672.